The minimum absolute atomic E-state index is 0.0171. The van der Waals surface area contributed by atoms with Crippen molar-refractivity contribution in [1.82, 2.24) is 20.0 Å². The van der Waals surface area contributed by atoms with E-state index in [1.165, 1.54) is 0 Å². The number of urea groups is 1. The zero-order valence-corrected chi connectivity index (χ0v) is 19.8. The zero-order valence-electron chi connectivity index (χ0n) is 19.8. The second-order valence-electron chi connectivity index (χ2n) is 9.84. The molecule has 2 amide bonds. The summed E-state index contributed by atoms with van der Waals surface area (Å²) in [5, 5.41) is 10.7. The van der Waals surface area contributed by atoms with E-state index in [2.05, 4.69) is 57.1 Å². The Morgan fingerprint density at radius 1 is 1.17 bits per heavy atom. The van der Waals surface area contributed by atoms with Crippen molar-refractivity contribution in [2.75, 3.05) is 33.1 Å². The van der Waals surface area contributed by atoms with E-state index >= 15 is 0 Å². The first kappa shape index (κ1) is 23.7. The summed E-state index contributed by atoms with van der Waals surface area (Å²) in [5.74, 6) is 1.49. The molecule has 0 saturated carbocycles. The van der Waals surface area contributed by atoms with E-state index in [0.717, 1.165) is 17.0 Å². The average molecular weight is 416 g/mol. The third-order valence-corrected chi connectivity index (χ3v) is 4.91. The van der Waals surface area contributed by atoms with Crippen molar-refractivity contribution in [1.29, 1.82) is 0 Å². The molecule has 0 aliphatic heterocycles. The normalized spacial score (nSPS) is 13.3. The number of benzene rings is 1. The van der Waals surface area contributed by atoms with Crippen molar-refractivity contribution < 1.29 is 9.53 Å². The van der Waals surface area contributed by atoms with Gasteiger partial charge in [0, 0.05) is 18.0 Å². The van der Waals surface area contributed by atoms with E-state index in [1.807, 2.05) is 49.1 Å². The Morgan fingerprint density at radius 3 is 2.37 bits per heavy atom. The van der Waals surface area contributed by atoms with Crippen molar-refractivity contribution in [3.05, 3.63) is 41.6 Å². The lowest BCUT2D eigenvalue weighted by molar-refractivity contribution is 0.242. The highest BCUT2D eigenvalue weighted by atomic mass is 16.5. The minimum atomic E-state index is -0.254. The Labute approximate surface area is 180 Å². The largest absolute Gasteiger partial charge is 0.497 e. The van der Waals surface area contributed by atoms with Crippen molar-refractivity contribution in [2.45, 2.75) is 58.5 Å². The molecule has 1 atom stereocenters. The molecular formula is C23H37N5O2. The second-order valence-corrected chi connectivity index (χ2v) is 9.84. The number of ether oxygens (including phenoxy) is 1. The lowest BCUT2D eigenvalue weighted by atomic mass is 9.92. The molecule has 0 bridgehead atoms. The Morgan fingerprint density at radius 2 is 1.83 bits per heavy atom. The lowest BCUT2D eigenvalue weighted by Crippen LogP contribution is -2.38. The lowest BCUT2D eigenvalue weighted by Gasteiger charge is -2.26. The van der Waals surface area contributed by atoms with Gasteiger partial charge in [0.05, 0.1) is 24.4 Å². The summed E-state index contributed by atoms with van der Waals surface area (Å²) in [6.45, 7) is 13.0. The van der Waals surface area contributed by atoms with Crippen LogP contribution in [0.3, 0.4) is 0 Å². The molecule has 7 heteroatoms. The summed E-state index contributed by atoms with van der Waals surface area (Å²) >= 11 is 0. The van der Waals surface area contributed by atoms with Gasteiger partial charge in [0.2, 0.25) is 0 Å². The molecular weight excluding hydrogens is 378 g/mol. The highest BCUT2D eigenvalue weighted by Gasteiger charge is 2.26. The van der Waals surface area contributed by atoms with Crippen molar-refractivity contribution in [2.24, 2.45) is 0 Å². The van der Waals surface area contributed by atoms with Gasteiger partial charge in [-0.25, -0.2) is 9.48 Å². The molecule has 1 unspecified atom stereocenters. The fourth-order valence-electron chi connectivity index (χ4n) is 3.15. The zero-order chi connectivity index (χ0) is 22.7. The summed E-state index contributed by atoms with van der Waals surface area (Å²) in [4.78, 5) is 14.8. The number of methoxy groups -OCH3 is 1. The number of rotatable bonds is 6. The van der Waals surface area contributed by atoms with Gasteiger partial charge in [0.25, 0.3) is 0 Å². The highest BCUT2D eigenvalue weighted by Crippen LogP contribution is 2.28. The summed E-state index contributed by atoms with van der Waals surface area (Å²) in [7, 11) is 5.64. The van der Waals surface area contributed by atoms with Gasteiger partial charge in [0.1, 0.15) is 11.6 Å². The number of anilines is 1. The number of nitrogens with zero attached hydrogens (tertiary/aromatic N) is 3. The number of likely N-dealkylation sites (N-methyl/N-ethyl adjacent to an activating group) is 1. The van der Waals surface area contributed by atoms with E-state index in [4.69, 9.17) is 9.84 Å². The van der Waals surface area contributed by atoms with Crippen LogP contribution in [0.1, 0.15) is 58.8 Å². The highest BCUT2D eigenvalue weighted by molar-refractivity contribution is 5.88. The van der Waals surface area contributed by atoms with Crippen LogP contribution in [-0.2, 0) is 11.0 Å². The average Bonchev–Trinajstić information content (AvgIpc) is 3.06. The van der Waals surface area contributed by atoms with E-state index in [1.54, 1.807) is 7.11 Å². The summed E-state index contributed by atoms with van der Waals surface area (Å²) in [6.07, 6.45) is 0. The fraction of sp³-hybridized carbons (Fsp3) is 0.565. The van der Waals surface area contributed by atoms with E-state index in [9.17, 15) is 4.79 Å². The van der Waals surface area contributed by atoms with Crippen LogP contribution in [0.15, 0.2) is 30.3 Å². The number of nitrogens with one attached hydrogen (secondary N) is 2. The summed E-state index contributed by atoms with van der Waals surface area (Å²) in [6, 6.07) is 9.62. The predicted octanol–water partition coefficient (Wildman–Crippen LogP) is 4.37. The van der Waals surface area contributed by atoms with Crippen molar-refractivity contribution in [3.63, 3.8) is 0 Å². The summed E-state index contributed by atoms with van der Waals surface area (Å²) in [5.41, 5.74) is 1.66. The number of carbonyl (C=O) groups is 1. The standard InChI is InChI=1S/C23H37N5O2/c1-22(2,3)19-14-20(28(26-19)23(4,5)6)25-21(29)24-15-18(27(7)8)16-11-10-12-17(13-16)30-9/h10-14,18H,15H2,1-9H3,(H2,24,25,29). The summed E-state index contributed by atoms with van der Waals surface area (Å²) < 4.78 is 7.21. The fourth-order valence-corrected chi connectivity index (χ4v) is 3.15. The van der Waals surface area contributed by atoms with Gasteiger partial charge < -0.3 is 15.0 Å². The van der Waals surface area contributed by atoms with Crippen LogP contribution < -0.4 is 15.4 Å². The van der Waals surface area contributed by atoms with Crippen LogP contribution in [-0.4, -0.2) is 48.5 Å². The first-order valence-corrected chi connectivity index (χ1v) is 10.3. The second kappa shape index (κ2) is 9.08. The third-order valence-electron chi connectivity index (χ3n) is 4.91. The van der Waals surface area contributed by atoms with E-state index in [-0.39, 0.29) is 23.0 Å². The van der Waals surface area contributed by atoms with Gasteiger partial charge in [-0.3, -0.25) is 5.32 Å². The molecule has 2 rings (SSSR count). The van der Waals surface area contributed by atoms with Crippen LogP contribution >= 0.6 is 0 Å². The van der Waals surface area contributed by atoms with E-state index < -0.39 is 0 Å². The van der Waals surface area contributed by atoms with Gasteiger partial charge in [-0.1, -0.05) is 32.9 Å². The van der Waals surface area contributed by atoms with Gasteiger partial charge >= 0.3 is 6.03 Å². The van der Waals surface area contributed by atoms with Crippen LogP contribution in [0.4, 0.5) is 10.6 Å². The first-order valence-electron chi connectivity index (χ1n) is 10.3. The smallest absolute Gasteiger partial charge is 0.320 e. The first-order chi connectivity index (χ1) is 13.8. The monoisotopic (exact) mass is 415 g/mol. The molecule has 7 nitrogen and oxygen atoms in total. The molecule has 30 heavy (non-hydrogen) atoms. The number of hydrogen-bond donors (Lipinski definition) is 2. The number of hydrogen-bond acceptors (Lipinski definition) is 4. The van der Waals surface area contributed by atoms with Crippen LogP contribution in [0.25, 0.3) is 0 Å². The predicted molar refractivity (Wildman–Crippen MR) is 122 cm³/mol. The van der Waals surface area contributed by atoms with Crippen molar-refractivity contribution in [3.8, 4) is 5.75 Å². The Hall–Kier alpha value is -2.54. The van der Waals surface area contributed by atoms with Crippen LogP contribution in [0, 0.1) is 0 Å². The van der Waals surface area contributed by atoms with Crippen LogP contribution in [0.5, 0.6) is 5.75 Å². The molecule has 1 heterocycles. The minimum Gasteiger partial charge on any atom is -0.497 e. The quantitative estimate of drug-likeness (QED) is 0.735. The topological polar surface area (TPSA) is 71.4 Å². The molecule has 0 spiro atoms. The maximum atomic E-state index is 12.7. The van der Waals surface area contributed by atoms with Gasteiger partial charge in [-0.05, 0) is 52.6 Å². The molecule has 2 N–H and O–H groups in total. The number of carbonyl (C=O) groups excluding carboxylic acids is 1. The molecule has 0 saturated heterocycles. The molecule has 2 aromatic rings. The van der Waals surface area contributed by atoms with Crippen LogP contribution in [0.2, 0.25) is 0 Å². The van der Waals surface area contributed by atoms with Gasteiger partial charge in [-0.2, -0.15) is 5.10 Å². The molecule has 0 fully saturated rings. The van der Waals surface area contributed by atoms with E-state index in [0.29, 0.717) is 12.4 Å². The maximum Gasteiger partial charge on any atom is 0.320 e. The molecule has 0 aliphatic carbocycles. The number of aromatic nitrogens is 2. The number of amides is 2. The maximum absolute atomic E-state index is 12.7. The third kappa shape index (κ3) is 5.98. The van der Waals surface area contributed by atoms with Gasteiger partial charge in [-0.15, -0.1) is 0 Å². The van der Waals surface area contributed by atoms with Crippen molar-refractivity contribution >= 4 is 11.8 Å². The molecule has 1 aromatic carbocycles. The molecule has 0 aliphatic rings. The molecule has 1 aromatic heterocycles. The Balaban J connectivity index is 2.15. The Bertz CT molecular complexity index is 859. The van der Waals surface area contributed by atoms with Gasteiger partial charge in [0.15, 0.2) is 0 Å². The Kier molecular flexibility index (Phi) is 7.18. The molecule has 166 valence electrons. The SMILES string of the molecule is COc1cccc(C(CNC(=O)Nc2cc(C(C)(C)C)nn2C(C)(C)C)N(C)C)c1. The molecule has 0 radical (unpaired) electrons.